The fourth-order valence-corrected chi connectivity index (χ4v) is 2.84. The van der Waals surface area contributed by atoms with E-state index in [9.17, 15) is 24.3 Å². The van der Waals surface area contributed by atoms with Crippen molar-refractivity contribution in [2.75, 3.05) is 0 Å². The fraction of sp³-hybridized carbons (Fsp3) is 0.200. The van der Waals surface area contributed by atoms with Gasteiger partial charge in [-0.1, -0.05) is 15.9 Å². The van der Waals surface area contributed by atoms with Gasteiger partial charge in [0.2, 0.25) is 0 Å². The van der Waals surface area contributed by atoms with Crippen LogP contribution in [-0.4, -0.2) is 41.5 Å². The summed E-state index contributed by atoms with van der Waals surface area (Å²) in [5.41, 5.74) is -0.322. The van der Waals surface area contributed by atoms with Crippen LogP contribution >= 0.6 is 23.5 Å². The summed E-state index contributed by atoms with van der Waals surface area (Å²) in [6.07, 6.45) is -0.752. The second-order valence-corrected chi connectivity index (χ2v) is 6.48. The second-order valence-electron chi connectivity index (χ2n) is 4.06. The molecule has 4 N–H and O–H groups in total. The van der Waals surface area contributed by atoms with Gasteiger partial charge in [0.15, 0.2) is 11.5 Å². The highest BCUT2D eigenvalue weighted by Gasteiger charge is 2.30. The average Bonchev–Trinajstić information content (AvgIpc) is 2.66. The van der Waals surface area contributed by atoms with E-state index in [1.54, 1.807) is 6.07 Å². The third-order valence-corrected chi connectivity index (χ3v) is 4.02. The van der Waals surface area contributed by atoms with Gasteiger partial charge in [-0.25, -0.2) is 9.78 Å². The first-order valence-electron chi connectivity index (χ1n) is 5.33. The monoisotopic (exact) mass is 364 g/mol. The molecule has 0 aliphatic carbocycles. The van der Waals surface area contributed by atoms with Crippen molar-refractivity contribution in [2.45, 2.75) is 12.5 Å². The predicted molar refractivity (Wildman–Crippen MR) is 71.9 cm³/mol. The molecule has 0 aromatic carbocycles. The number of carboxylic acids is 1. The first-order valence-corrected chi connectivity index (χ1v) is 7.74. The van der Waals surface area contributed by atoms with Crippen molar-refractivity contribution in [1.29, 1.82) is 0 Å². The summed E-state index contributed by atoms with van der Waals surface area (Å²) < 4.78 is 13.4. The van der Waals surface area contributed by atoms with Crippen LogP contribution in [0, 0.1) is 0 Å². The van der Waals surface area contributed by atoms with Crippen LogP contribution in [0.3, 0.4) is 0 Å². The molecule has 2 heterocycles. The summed E-state index contributed by atoms with van der Waals surface area (Å²) in [6, 6.07) is 3.13. The molecule has 2 aromatic heterocycles. The Morgan fingerprint density at radius 2 is 2.15 bits per heavy atom. The molecule has 0 aliphatic heterocycles. The molecule has 1 atom stereocenters. The van der Waals surface area contributed by atoms with Gasteiger partial charge in [0, 0.05) is 17.1 Å². The number of pyridine rings is 1. The normalized spacial score (nSPS) is 13.6. The minimum Gasteiger partial charge on any atom is -0.479 e. The lowest BCUT2D eigenvalue weighted by atomic mass is 10.2. The number of aliphatic carboxylic acids is 1. The lowest BCUT2D eigenvalue weighted by Crippen LogP contribution is -2.26. The van der Waals surface area contributed by atoms with Gasteiger partial charge in [-0.2, -0.15) is 0 Å². The fourth-order valence-electron chi connectivity index (χ4n) is 1.75. The van der Waals surface area contributed by atoms with E-state index in [-0.39, 0.29) is 11.3 Å². The molecular weight excluding hydrogens is 355 g/mol. The van der Waals surface area contributed by atoms with Gasteiger partial charge in [-0.15, -0.1) is 0 Å². The molecule has 20 heavy (non-hydrogen) atoms. The topological polar surface area (TPSA) is 132 Å². The maximum absolute atomic E-state index is 11.4. The van der Waals surface area contributed by atoms with Gasteiger partial charge >= 0.3 is 13.6 Å². The molecule has 0 aliphatic rings. The van der Waals surface area contributed by atoms with E-state index in [2.05, 4.69) is 20.9 Å². The average molecular weight is 365 g/mol. The zero-order chi connectivity index (χ0) is 15.1. The van der Waals surface area contributed by atoms with Gasteiger partial charge in [0.25, 0.3) is 0 Å². The summed E-state index contributed by atoms with van der Waals surface area (Å²) in [6.45, 7) is 0. The van der Waals surface area contributed by atoms with E-state index in [0.717, 1.165) is 0 Å². The molecule has 8 nitrogen and oxygen atoms in total. The summed E-state index contributed by atoms with van der Waals surface area (Å²) in [7, 11) is -4.68. The van der Waals surface area contributed by atoms with Crippen molar-refractivity contribution >= 4 is 40.6 Å². The van der Waals surface area contributed by atoms with Crippen molar-refractivity contribution < 1.29 is 29.4 Å². The Balaban J connectivity index is 2.65. The van der Waals surface area contributed by atoms with Crippen LogP contribution in [0.5, 0.6) is 0 Å². The van der Waals surface area contributed by atoms with Crippen LogP contribution in [0.4, 0.5) is 0 Å². The number of hydrogen-bond acceptors (Lipinski definition) is 4. The number of halogens is 1. The summed E-state index contributed by atoms with van der Waals surface area (Å²) in [5.74, 6) is -1.48. The molecule has 2 aromatic rings. The number of imidazole rings is 1. The highest BCUT2D eigenvalue weighted by molar-refractivity contribution is 9.10. The van der Waals surface area contributed by atoms with Crippen molar-refractivity contribution in [3.05, 3.63) is 28.5 Å². The van der Waals surface area contributed by atoms with Gasteiger partial charge in [0.05, 0.1) is 5.69 Å². The van der Waals surface area contributed by atoms with E-state index in [4.69, 9.17) is 5.11 Å². The highest BCUT2D eigenvalue weighted by atomic mass is 79.9. The molecule has 0 amide bonds. The SMILES string of the molecule is O=C(O)C(O)Cc1c(P(=O)(O)O)nc2cc(Br)ccn12. The van der Waals surface area contributed by atoms with Crippen LogP contribution in [0.2, 0.25) is 0 Å². The minimum atomic E-state index is -4.68. The largest absolute Gasteiger partial charge is 0.479 e. The minimum absolute atomic E-state index is 0.0317. The van der Waals surface area contributed by atoms with E-state index in [1.165, 1.54) is 16.7 Å². The lowest BCUT2D eigenvalue weighted by molar-refractivity contribution is -0.146. The molecule has 0 bridgehead atoms. The number of carbonyl (C=O) groups is 1. The van der Waals surface area contributed by atoms with E-state index in [1.807, 2.05) is 0 Å². The van der Waals surface area contributed by atoms with Crippen LogP contribution in [-0.2, 0) is 15.8 Å². The molecule has 0 radical (unpaired) electrons. The molecule has 0 spiro atoms. The standard InChI is InChI=1S/C10H10BrN2O6P/c11-5-1-2-13-6(4-7(14)10(15)16)9(20(17,18)19)12-8(13)3-5/h1-3,7,14H,4H2,(H,15,16)(H2,17,18,19). The van der Waals surface area contributed by atoms with Gasteiger partial charge in [0.1, 0.15) is 5.65 Å². The van der Waals surface area contributed by atoms with Gasteiger partial charge < -0.3 is 24.4 Å². The number of aromatic nitrogens is 2. The Bertz CT molecular complexity index is 724. The smallest absolute Gasteiger partial charge is 0.376 e. The first-order chi connectivity index (χ1) is 9.20. The first kappa shape index (κ1) is 15.1. The zero-order valence-electron chi connectivity index (χ0n) is 9.84. The summed E-state index contributed by atoms with van der Waals surface area (Å²) in [4.78, 5) is 33.1. The number of rotatable bonds is 4. The summed E-state index contributed by atoms with van der Waals surface area (Å²) in [5, 5.41) is 18.1. The molecule has 0 fully saturated rings. The molecule has 10 heteroatoms. The van der Waals surface area contributed by atoms with Gasteiger partial charge in [-0.3, -0.25) is 4.57 Å². The quantitative estimate of drug-likeness (QED) is 0.556. The van der Waals surface area contributed by atoms with E-state index in [0.29, 0.717) is 4.47 Å². The number of aliphatic hydroxyl groups is 1. The molecule has 0 saturated carbocycles. The van der Waals surface area contributed by atoms with E-state index >= 15 is 0 Å². The number of fused-ring (bicyclic) bond motifs is 1. The third-order valence-electron chi connectivity index (χ3n) is 2.61. The predicted octanol–water partition coefficient (Wildman–Crippen LogP) is -0.112. The number of nitrogens with zero attached hydrogens (tertiary/aromatic N) is 2. The molecule has 2 rings (SSSR count). The Kier molecular flexibility index (Phi) is 3.99. The Morgan fingerprint density at radius 1 is 1.50 bits per heavy atom. The Hall–Kier alpha value is -1.25. The number of carboxylic acid groups (broad SMARTS) is 1. The zero-order valence-corrected chi connectivity index (χ0v) is 12.3. The van der Waals surface area contributed by atoms with Crippen LogP contribution in [0.15, 0.2) is 22.8 Å². The molecule has 108 valence electrons. The molecular formula is C10H10BrN2O6P. The number of aliphatic hydroxyl groups excluding tert-OH is 1. The summed E-state index contributed by atoms with van der Waals surface area (Å²) >= 11 is 3.20. The Morgan fingerprint density at radius 3 is 2.70 bits per heavy atom. The van der Waals surface area contributed by atoms with Crippen LogP contribution < -0.4 is 5.44 Å². The van der Waals surface area contributed by atoms with Crippen LogP contribution in [0.25, 0.3) is 5.65 Å². The lowest BCUT2D eigenvalue weighted by Gasteiger charge is -2.08. The second kappa shape index (κ2) is 5.27. The van der Waals surface area contributed by atoms with Crippen molar-refractivity contribution in [2.24, 2.45) is 0 Å². The Labute approximate surface area is 121 Å². The highest BCUT2D eigenvalue weighted by Crippen LogP contribution is 2.35. The molecule has 1 unspecified atom stereocenters. The van der Waals surface area contributed by atoms with Crippen LogP contribution in [0.1, 0.15) is 5.69 Å². The van der Waals surface area contributed by atoms with Crippen molar-refractivity contribution in [1.82, 2.24) is 9.38 Å². The molecule has 0 saturated heterocycles. The van der Waals surface area contributed by atoms with Crippen molar-refractivity contribution in [3.63, 3.8) is 0 Å². The maximum Gasteiger partial charge on any atom is 0.376 e. The van der Waals surface area contributed by atoms with E-state index < -0.39 is 31.5 Å². The van der Waals surface area contributed by atoms with Gasteiger partial charge in [-0.05, 0) is 12.1 Å². The third kappa shape index (κ3) is 2.92. The maximum atomic E-state index is 11.4. The van der Waals surface area contributed by atoms with Crippen molar-refractivity contribution in [3.8, 4) is 0 Å². The number of hydrogen-bond donors (Lipinski definition) is 4.